The molecule has 3 N–H and O–H groups in total. The van der Waals surface area contributed by atoms with Crippen molar-refractivity contribution in [1.82, 2.24) is 25.1 Å². The van der Waals surface area contributed by atoms with E-state index < -0.39 is 0 Å². The summed E-state index contributed by atoms with van der Waals surface area (Å²) >= 11 is 3.05. The molecule has 214 valence electrons. The third kappa shape index (κ3) is 7.96. The first kappa shape index (κ1) is 29.8. The predicted molar refractivity (Wildman–Crippen MR) is 161 cm³/mol. The third-order valence-corrected chi connectivity index (χ3v) is 9.27. The summed E-state index contributed by atoms with van der Waals surface area (Å²) in [5.41, 5.74) is 4.21. The second kappa shape index (κ2) is 13.5. The summed E-state index contributed by atoms with van der Waals surface area (Å²) in [6.45, 7) is 13.0. The molecule has 1 saturated heterocycles. The van der Waals surface area contributed by atoms with Crippen molar-refractivity contribution in [2.24, 2.45) is 5.92 Å². The van der Waals surface area contributed by atoms with Gasteiger partial charge in [-0.2, -0.15) is 0 Å². The van der Waals surface area contributed by atoms with Gasteiger partial charge in [0, 0.05) is 62.7 Å². The summed E-state index contributed by atoms with van der Waals surface area (Å²) in [5.74, 6) is 1.04. The Hall–Kier alpha value is -3.15. The number of benzene rings is 1. The number of aromatic amines is 1. The molecule has 1 aliphatic rings. The zero-order valence-corrected chi connectivity index (χ0v) is 25.4. The number of anilines is 1. The molecule has 11 heteroatoms. The van der Waals surface area contributed by atoms with E-state index >= 15 is 0 Å². The second-order valence-corrected chi connectivity index (χ2v) is 12.8. The van der Waals surface area contributed by atoms with E-state index in [2.05, 4.69) is 47.4 Å². The SMILES string of the molecule is CC(=O)N1CCN(C(=O)c2cc(C)cc(CSc3cnc(NC(=O)c4ccc(CNC(C)C(C)C)[nH]4)s3)c2)CC1. The van der Waals surface area contributed by atoms with Crippen LogP contribution in [0.5, 0.6) is 0 Å². The maximum Gasteiger partial charge on any atom is 0.273 e. The Morgan fingerprint density at radius 2 is 1.80 bits per heavy atom. The molecule has 1 unspecified atom stereocenters. The number of hydrogen-bond donors (Lipinski definition) is 3. The quantitative estimate of drug-likeness (QED) is 0.297. The minimum atomic E-state index is -0.222. The minimum absolute atomic E-state index is 0.00127. The summed E-state index contributed by atoms with van der Waals surface area (Å²) < 4.78 is 0.976. The number of carbonyl (C=O) groups excluding carboxylic acids is 3. The van der Waals surface area contributed by atoms with Crippen LogP contribution in [0.1, 0.15) is 65.4 Å². The van der Waals surface area contributed by atoms with Crippen LogP contribution >= 0.6 is 23.1 Å². The number of carbonyl (C=O) groups is 3. The monoisotopic (exact) mass is 582 g/mol. The van der Waals surface area contributed by atoms with Crippen molar-refractivity contribution in [3.63, 3.8) is 0 Å². The largest absolute Gasteiger partial charge is 0.353 e. The highest BCUT2D eigenvalue weighted by Gasteiger charge is 2.23. The van der Waals surface area contributed by atoms with Crippen LogP contribution in [-0.2, 0) is 17.1 Å². The van der Waals surface area contributed by atoms with E-state index in [1.807, 2.05) is 30.0 Å². The molecule has 1 aliphatic heterocycles. The minimum Gasteiger partial charge on any atom is -0.353 e. The number of thioether (sulfide) groups is 1. The Labute approximate surface area is 244 Å². The second-order valence-electron chi connectivity index (χ2n) is 10.5. The first-order valence-corrected chi connectivity index (χ1v) is 15.4. The fourth-order valence-electron chi connectivity index (χ4n) is 4.36. The molecule has 0 aliphatic carbocycles. The van der Waals surface area contributed by atoms with E-state index in [0.29, 0.717) is 66.8 Å². The molecule has 3 aromatic rings. The molecule has 40 heavy (non-hydrogen) atoms. The van der Waals surface area contributed by atoms with Gasteiger partial charge in [-0.05, 0) is 49.6 Å². The van der Waals surface area contributed by atoms with Crippen LogP contribution in [0.3, 0.4) is 0 Å². The molecule has 0 radical (unpaired) electrons. The number of rotatable bonds is 10. The average Bonchev–Trinajstić information content (AvgIpc) is 3.59. The van der Waals surface area contributed by atoms with Crippen molar-refractivity contribution in [2.75, 3.05) is 31.5 Å². The van der Waals surface area contributed by atoms with Crippen LogP contribution < -0.4 is 10.6 Å². The van der Waals surface area contributed by atoms with Crippen LogP contribution in [0, 0.1) is 12.8 Å². The van der Waals surface area contributed by atoms with Gasteiger partial charge in [-0.3, -0.25) is 19.7 Å². The maximum absolute atomic E-state index is 13.1. The van der Waals surface area contributed by atoms with Crippen LogP contribution in [-0.4, -0.2) is 69.7 Å². The van der Waals surface area contributed by atoms with Gasteiger partial charge in [0.05, 0.1) is 10.4 Å². The van der Waals surface area contributed by atoms with E-state index in [9.17, 15) is 14.4 Å². The van der Waals surface area contributed by atoms with E-state index in [4.69, 9.17) is 0 Å². The fraction of sp³-hybridized carbons (Fsp3) is 0.448. The molecule has 3 amide bonds. The molecule has 0 saturated carbocycles. The van der Waals surface area contributed by atoms with Gasteiger partial charge in [0.1, 0.15) is 5.69 Å². The molecule has 0 spiro atoms. The average molecular weight is 583 g/mol. The van der Waals surface area contributed by atoms with E-state index in [0.717, 1.165) is 21.0 Å². The van der Waals surface area contributed by atoms with Crippen molar-refractivity contribution < 1.29 is 14.4 Å². The Kier molecular flexibility index (Phi) is 10.0. The van der Waals surface area contributed by atoms with E-state index in [1.165, 1.54) is 11.3 Å². The zero-order valence-electron chi connectivity index (χ0n) is 23.7. The number of aryl methyl sites for hydroxylation is 1. The predicted octanol–water partition coefficient (Wildman–Crippen LogP) is 4.76. The summed E-state index contributed by atoms with van der Waals surface area (Å²) in [6.07, 6.45) is 1.76. The molecule has 4 rings (SSSR count). The standard InChI is InChI=1S/C29H38N6O3S2/c1-18(2)20(4)30-15-24-6-7-25(32-24)27(37)33-29-31-16-26(40-29)39-17-22-12-19(3)13-23(14-22)28(38)35-10-8-34(9-11-35)21(5)36/h6-7,12-14,16,18,20,30,32H,8-11,15,17H2,1-5H3,(H,31,33,37). The van der Waals surface area contributed by atoms with Crippen molar-refractivity contribution in [3.8, 4) is 0 Å². The molecule has 2 aromatic heterocycles. The van der Waals surface area contributed by atoms with Crippen LogP contribution in [0.15, 0.2) is 40.7 Å². The molecule has 1 atom stereocenters. The Morgan fingerprint density at radius 1 is 1.07 bits per heavy atom. The first-order valence-electron chi connectivity index (χ1n) is 13.6. The Morgan fingerprint density at radius 3 is 2.50 bits per heavy atom. The van der Waals surface area contributed by atoms with Gasteiger partial charge in [0.15, 0.2) is 5.13 Å². The molecule has 1 aromatic carbocycles. The third-order valence-electron chi connectivity index (χ3n) is 7.09. The molecule has 0 bridgehead atoms. The summed E-state index contributed by atoms with van der Waals surface area (Å²) in [5, 5.41) is 6.88. The topological polar surface area (TPSA) is 110 Å². The van der Waals surface area contributed by atoms with Crippen LogP contribution in [0.2, 0.25) is 0 Å². The highest BCUT2D eigenvalue weighted by Crippen LogP contribution is 2.31. The number of nitrogens with one attached hydrogen (secondary N) is 3. The number of nitrogens with zero attached hydrogens (tertiary/aromatic N) is 3. The summed E-state index contributed by atoms with van der Waals surface area (Å²) in [7, 11) is 0. The number of thiazole rings is 1. The van der Waals surface area contributed by atoms with Gasteiger partial charge >= 0.3 is 0 Å². The molecular formula is C29H38N6O3S2. The van der Waals surface area contributed by atoms with Crippen LogP contribution in [0.4, 0.5) is 5.13 Å². The van der Waals surface area contributed by atoms with Gasteiger partial charge in [-0.1, -0.05) is 36.8 Å². The van der Waals surface area contributed by atoms with Crippen molar-refractivity contribution >= 4 is 46.0 Å². The number of H-pyrrole nitrogens is 1. The van der Waals surface area contributed by atoms with Crippen molar-refractivity contribution in [2.45, 2.75) is 57.2 Å². The van der Waals surface area contributed by atoms with Gasteiger partial charge in [-0.15, -0.1) is 11.8 Å². The van der Waals surface area contributed by atoms with Crippen molar-refractivity contribution in [3.05, 3.63) is 64.6 Å². The number of piperazine rings is 1. The lowest BCUT2D eigenvalue weighted by molar-refractivity contribution is -0.130. The van der Waals surface area contributed by atoms with Gasteiger partial charge in [-0.25, -0.2) is 4.98 Å². The summed E-state index contributed by atoms with van der Waals surface area (Å²) in [4.78, 5) is 48.6. The van der Waals surface area contributed by atoms with E-state index in [-0.39, 0.29) is 17.7 Å². The van der Waals surface area contributed by atoms with Gasteiger partial charge < -0.3 is 20.1 Å². The van der Waals surface area contributed by atoms with Gasteiger partial charge in [0.2, 0.25) is 5.91 Å². The van der Waals surface area contributed by atoms with Crippen LogP contribution in [0.25, 0.3) is 0 Å². The maximum atomic E-state index is 13.1. The Balaban J connectivity index is 1.30. The lowest BCUT2D eigenvalue weighted by Gasteiger charge is -2.34. The molecule has 3 heterocycles. The zero-order chi connectivity index (χ0) is 28.8. The molecule has 1 fully saturated rings. The highest BCUT2D eigenvalue weighted by atomic mass is 32.2. The number of aromatic nitrogens is 2. The smallest absolute Gasteiger partial charge is 0.273 e. The number of amides is 3. The normalized spacial score (nSPS) is 14.4. The first-order chi connectivity index (χ1) is 19.1. The summed E-state index contributed by atoms with van der Waals surface area (Å²) in [6, 6.07) is 10.0. The van der Waals surface area contributed by atoms with Crippen molar-refractivity contribution in [1.29, 1.82) is 0 Å². The molecular weight excluding hydrogens is 544 g/mol. The van der Waals surface area contributed by atoms with E-state index in [1.54, 1.807) is 35.8 Å². The molecule has 9 nitrogen and oxygen atoms in total. The Bertz CT molecular complexity index is 1340. The lowest BCUT2D eigenvalue weighted by atomic mass is 10.1. The lowest BCUT2D eigenvalue weighted by Crippen LogP contribution is -2.50. The number of hydrogen-bond acceptors (Lipinski definition) is 7. The fourth-order valence-corrected chi connectivity index (χ4v) is 6.16. The van der Waals surface area contributed by atoms with Gasteiger partial charge in [0.25, 0.3) is 11.8 Å². The highest BCUT2D eigenvalue weighted by molar-refractivity contribution is 8.00.